The molecule has 0 unspecified atom stereocenters. The first-order valence-electron chi connectivity index (χ1n) is 8.95. The lowest BCUT2D eigenvalue weighted by Crippen LogP contribution is -2.37. The second-order valence-corrected chi connectivity index (χ2v) is 7.42. The average molecular weight is 287 g/mol. The van der Waals surface area contributed by atoms with E-state index in [0.717, 1.165) is 5.92 Å². The predicted octanol–water partition coefficient (Wildman–Crippen LogP) is 5.21. The lowest BCUT2D eigenvalue weighted by atomic mass is 9.70. The van der Waals surface area contributed by atoms with Gasteiger partial charge in [-0.3, -0.25) is 0 Å². The molecule has 1 aliphatic rings. The molecule has 0 atom stereocenters. The van der Waals surface area contributed by atoms with Gasteiger partial charge in [-0.2, -0.15) is 0 Å². The number of nitrogens with one attached hydrogen (secondary N) is 1. The van der Waals surface area contributed by atoms with Crippen molar-refractivity contribution in [2.45, 2.75) is 65.2 Å². The lowest BCUT2D eigenvalue weighted by Gasteiger charge is -2.38. The Morgan fingerprint density at radius 2 is 1.76 bits per heavy atom. The minimum absolute atomic E-state index is 0.585. The van der Waals surface area contributed by atoms with Crippen LogP contribution in [0.1, 0.15) is 64.4 Å². The highest BCUT2D eigenvalue weighted by Gasteiger charge is 2.30. The van der Waals surface area contributed by atoms with Gasteiger partial charge in [0, 0.05) is 6.54 Å². The van der Waals surface area contributed by atoms with Crippen LogP contribution in [-0.4, -0.2) is 13.1 Å². The monoisotopic (exact) mass is 287 g/mol. The molecule has 1 aromatic rings. The van der Waals surface area contributed by atoms with E-state index in [1.165, 1.54) is 70.0 Å². The molecule has 1 aromatic carbocycles. The standard InChI is InChI=1S/C20H33N/c1-18(2)16-21-17-20(13-7-4-8-14-20)15-9-12-19-10-5-3-6-11-19/h3,5-6,10-11,18,21H,4,7-9,12-17H2,1-2H3. The fourth-order valence-corrected chi connectivity index (χ4v) is 3.76. The number of hydrogen-bond acceptors (Lipinski definition) is 1. The van der Waals surface area contributed by atoms with E-state index in [-0.39, 0.29) is 0 Å². The molecule has 0 saturated heterocycles. The molecule has 1 N–H and O–H groups in total. The van der Waals surface area contributed by atoms with Gasteiger partial charge in [0.05, 0.1) is 0 Å². The Hall–Kier alpha value is -0.820. The summed E-state index contributed by atoms with van der Waals surface area (Å²) in [5, 5.41) is 3.74. The summed E-state index contributed by atoms with van der Waals surface area (Å²) < 4.78 is 0. The molecule has 1 fully saturated rings. The molecule has 1 heteroatoms. The third kappa shape index (κ3) is 5.82. The zero-order valence-electron chi connectivity index (χ0n) is 14.0. The number of rotatable bonds is 8. The summed E-state index contributed by atoms with van der Waals surface area (Å²) in [7, 11) is 0. The van der Waals surface area contributed by atoms with E-state index in [4.69, 9.17) is 0 Å². The highest BCUT2D eigenvalue weighted by molar-refractivity contribution is 5.14. The van der Waals surface area contributed by atoms with E-state index in [2.05, 4.69) is 49.5 Å². The van der Waals surface area contributed by atoms with Crippen molar-refractivity contribution < 1.29 is 0 Å². The van der Waals surface area contributed by atoms with Crippen molar-refractivity contribution in [3.63, 3.8) is 0 Å². The number of benzene rings is 1. The summed E-state index contributed by atoms with van der Waals surface area (Å²) >= 11 is 0. The first kappa shape index (κ1) is 16.5. The second kappa shape index (κ2) is 8.58. The van der Waals surface area contributed by atoms with Crippen molar-refractivity contribution in [3.8, 4) is 0 Å². The second-order valence-electron chi connectivity index (χ2n) is 7.42. The van der Waals surface area contributed by atoms with Crippen LogP contribution in [-0.2, 0) is 6.42 Å². The maximum atomic E-state index is 3.74. The minimum atomic E-state index is 0.585. The Morgan fingerprint density at radius 3 is 2.43 bits per heavy atom. The first-order chi connectivity index (χ1) is 10.2. The predicted molar refractivity (Wildman–Crippen MR) is 92.6 cm³/mol. The van der Waals surface area contributed by atoms with Crippen LogP contribution in [0.4, 0.5) is 0 Å². The Morgan fingerprint density at radius 1 is 1.05 bits per heavy atom. The van der Waals surface area contributed by atoms with Crippen molar-refractivity contribution in [2.75, 3.05) is 13.1 Å². The van der Waals surface area contributed by atoms with Gasteiger partial charge in [0.15, 0.2) is 0 Å². The molecule has 118 valence electrons. The summed E-state index contributed by atoms with van der Waals surface area (Å²) in [6, 6.07) is 11.0. The third-order valence-electron chi connectivity index (χ3n) is 4.98. The largest absolute Gasteiger partial charge is 0.316 e. The van der Waals surface area contributed by atoms with Gasteiger partial charge in [-0.05, 0) is 55.5 Å². The maximum absolute atomic E-state index is 3.74. The van der Waals surface area contributed by atoms with Gasteiger partial charge in [-0.25, -0.2) is 0 Å². The first-order valence-corrected chi connectivity index (χ1v) is 8.95. The Labute approximate surface area is 131 Å². The summed E-state index contributed by atoms with van der Waals surface area (Å²) in [6.45, 7) is 7.01. The molecule has 1 nitrogen and oxygen atoms in total. The van der Waals surface area contributed by atoms with Crippen molar-refractivity contribution in [2.24, 2.45) is 11.3 Å². The molecule has 2 rings (SSSR count). The fraction of sp³-hybridized carbons (Fsp3) is 0.700. The van der Waals surface area contributed by atoms with Gasteiger partial charge in [0.2, 0.25) is 0 Å². The van der Waals surface area contributed by atoms with Gasteiger partial charge in [-0.15, -0.1) is 0 Å². The fourth-order valence-electron chi connectivity index (χ4n) is 3.76. The molecular weight excluding hydrogens is 254 g/mol. The molecule has 21 heavy (non-hydrogen) atoms. The normalized spacial score (nSPS) is 18.0. The molecule has 0 radical (unpaired) electrons. The summed E-state index contributed by atoms with van der Waals surface area (Å²) in [6.07, 6.45) is 11.2. The van der Waals surface area contributed by atoms with E-state index in [1.807, 2.05) is 0 Å². The zero-order chi connectivity index (χ0) is 15.0. The average Bonchev–Trinajstić information content (AvgIpc) is 2.49. The topological polar surface area (TPSA) is 12.0 Å². The maximum Gasteiger partial charge on any atom is 0.000792 e. The molecule has 0 aliphatic heterocycles. The van der Waals surface area contributed by atoms with Gasteiger partial charge in [0.1, 0.15) is 0 Å². The van der Waals surface area contributed by atoms with Crippen LogP contribution in [0, 0.1) is 11.3 Å². The van der Waals surface area contributed by atoms with Crippen molar-refractivity contribution in [3.05, 3.63) is 35.9 Å². The van der Waals surface area contributed by atoms with Gasteiger partial charge >= 0.3 is 0 Å². The lowest BCUT2D eigenvalue weighted by molar-refractivity contribution is 0.161. The van der Waals surface area contributed by atoms with Gasteiger partial charge in [-0.1, -0.05) is 63.4 Å². The van der Waals surface area contributed by atoms with E-state index in [1.54, 1.807) is 0 Å². The molecule has 0 aromatic heterocycles. The molecular formula is C20H33N. The Bertz CT molecular complexity index is 376. The number of aryl methyl sites for hydroxylation is 1. The number of hydrogen-bond donors (Lipinski definition) is 1. The van der Waals surface area contributed by atoms with Crippen molar-refractivity contribution in [1.82, 2.24) is 5.32 Å². The highest BCUT2D eigenvalue weighted by atomic mass is 14.9. The van der Waals surface area contributed by atoms with Crippen LogP contribution in [0.15, 0.2) is 30.3 Å². The summed E-state index contributed by atoms with van der Waals surface area (Å²) in [5.74, 6) is 0.759. The summed E-state index contributed by atoms with van der Waals surface area (Å²) in [4.78, 5) is 0. The molecule has 0 spiro atoms. The van der Waals surface area contributed by atoms with E-state index in [0.29, 0.717) is 5.41 Å². The minimum Gasteiger partial charge on any atom is -0.316 e. The van der Waals surface area contributed by atoms with E-state index < -0.39 is 0 Å². The molecule has 1 saturated carbocycles. The molecule has 0 bridgehead atoms. The molecule has 0 heterocycles. The van der Waals surface area contributed by atoms with Crippen LogP contribution in [0.2, 0.25) is 0 Å². The highest BCUT2D eigenvalue weighted by Crippen LogP contribution is 2.40. The zero-order valence-corrected chi connectivity index (χ0v) is 14.0. The third-order valence-corrected chi connectivity index (χ3v) is 4.98. The summed E-state index contributed by atoms with van der Waals surface area (Å²) in [5.41, 5.74) is 2.08. The Kier molecular flexibility index (Phi) is 6.76. The van der Waals surface area contributed by atoms with Crippen molar-refractivity contribution >= 4 is 0 Å². The van der Waals surface area contributed by atoms with E-state index >= 15 is 0 Å². The quantitative estimate of drug-likeness (QED) is 0.692. The molecule has 0 amide bonds. The van der Waals surface area contributed by atoms with Crippen molar-refractivity contribution in [1.29, 1.82) is 0 Å². The van der Waals surface area contributed by atoms with Crippen LogP contribution in [0.25, 0.3) is 0 Å². The Balaban J connectivity index is 1.81. The van der Waals surface area contributed by atoms with E-state index in [9.17, 15) is 0 Å². The van der Waals surface area contributed by atoms with Gasteiger partial charge in [0.25, 0.3) is 0 Å². The van der Waals surface area contributed by atoms with Crippen LogP contribution in [0.3, 0.4) is 0 Å². The SMILES string of the molecule is CC(C)CNCC1(CCCc2ccccc2)CCCCC1. The molecule has 1 aliphatic carbocycles. The van der Waals surface area contributed by atoms with Crippen LogP contribution >= 0.6 is 0 Å². The van der Waals surface area contributed by atoms with Gasteiger partial charge < -0.3 is 5.32 Å². The smallest absolute Gasteiger partial charge is 0.000792 e. The van der Waals surface area contributed by atoms with Crippen LogP contribution in [0.5, 0.6) is 0 Å². The van der Waals surface area contributed by atoms with Crippen LogP contribution < -0.4 is 5.32 Å².